The molecule has 0 aliphatic carbocycles. The molecule has 0 saturated heterocycles. The summed E-state index contributed by atoms with van der Waals surface area (Å²) in [5.41, 5.74) is 3.77. The fourth-order valence-corrected chi connectivity index (χ4v) is 2.81. The summed E-state index contributed by atoms with van der Waals surface area (Å²) in [5.74, 6) is 0.899. The van der Waals surface area contributed by atoms with E-state index in [-0.39, 0.29) is 0 Å². The number of methoxy groups -OCH3 is 1. The van der Waals surface area contributed by atoms with Crippen molar-refractivity contribution >= 4 is 26.8 Å². The topological polar surface area (TPSA) is 37.0 Å². The Hall–Kier alpha value is -1.78. The number of hydrogen-bond acceptors (Lipinski definition) is 2. The van der Waals surface area contributed by atoms with Gasteiger partial charge in [0.25, 0.3) is 0 Å². The highest BCUT2D eigenvalue weighted by molar-refractivity contribution is 9.10. The molecule has 0 atom stereocenters. The van der Waals surface area contributed by atoms with Gasteiger partial charge < -0.3 is 15.0 Å². The predicted octanol–water partition coefficient (Wildman–Crippen LogP) is 4.27. The molecule has 0 fully saturated rings. The summed E-state index contributed by atoms with van der Waals surface area (Å²) >= 11 is 3.45. The van der Waals surface area contributed by atoms with Crippen LogP contribution in [0.4, 0.5) is 0 Å². The van der Waals surface area contributed by atoms with Gasteiger partial charge in [-0.1, -0.05) is 28.1 Å². The Morgan fingerprint density at radius 2 is 1.95 bits per heavy atom. The normalized spacial score (nSPS) is 11.0. The van der Waals surface area contributed by atoms with Gasteiger partial charge in [-0.2, -0.15) is 0 Å². The van der Waals surface area contributed by atoms with Gasteiger partial charge in [0.15, 0.2) is 0 Å². The molecular weight excluding hydrogens is 340 g/mol. The average Bonchev–Trinajstić information content (AvgIpc) is 2.95. The van der Waals surface area contributed by atoms with E-state index in [0.717, 1.165) is 35.2 Å². The van der Waals surface area contributed by atoms with E-state index in [1.807, 2.05) is 6.07 Å². The molecule has 2 N–H and O–H groups in total. The minimum absolute atomic E-state index is 0.888. The molecule has 0 aliphatic heterocycles. The van der Waals surface area contributed by atoms with E-state index >= 15 is 0 Å². The lowest BCUT2D eigenvalue weighted by molar-refractivity contribution is 0.415. The van der Waals surface area contributed by atoms with Gasteiger partial charge in [-0.05, 0) is 54.4 Å². The summed E-state index contributed by atoms with van der Waals surface area (Å²) in [5, 5.41) is 4.73. The largest absolute Gasteiger partial charge is 0.497 e. The van der Waals surface area contributed by atoms with E-state index in [1.54, 1.807) is 7.11 Å². The van der Waals surface area contributed by atoms with Gasteiger partial charge in [0.1, 0.15) is 5.75 Å². The second-order valence-corrected chi connectivity index (χ2v) is 6.19. The van der Waals surface area contributed by atoms with Crippen LogP contribution >= 0.6 is 15.9 Å². The maximum Gasteiger partial charge on any atom is 0.119 e. The molecule has 0 radical (unpaired) electrons. The molecule has 1 aromatic heterocycles. The molecule has 0 saturated carbocycles. The number of rotatable bonds is 6. The number of nitrogens with one attached hydrogen (secondary N) is 2. The van der Waals surface area contributed by atoms with Gasteiger partial charge in [-0.25, -0.2) is 0 Å². The molecule has 0 spiro atoms. The zero-order chi connectivity index (χ0) is 15.4. The maximum absolute atomic E-state index is 5.31. The van der Waals surface area contributed by atoms with E-state index in [9.17, 15) is 0 Å². The minimum atomic E-state index is 0.888. The Labute approximate surface area is 138 Å². The van der Waals surface area contributed by atoms with Gasteiger partial charge in [0.05, 0.1) is 7.11 Å². The Morgan fingerprint density at radius 3 is 2.73 bits per heavy atom. The quantitative estimate of drug-likeness (QED) is 0.645. The zero-order valence-corrected chi connectivity index (χ0v) is 14.1. The second-order valence-electron chi connectivity index (χ2n) is 5.28. The first-order valence-corrected chi connectivity index (χ1v) is 8.15. The van der Waals surface area contributed by atoms with Crippen molar-refractivity contribution in [1.29, 1.82) is 0 Å². The highest BCUT2D eigenvalue weighted by Crippen LogP contribution is 2.23. The summed E-state index contributed by atoms with van der Waals surface area (Å²) in [7, 11) is 1.70. The highest BCUT2D eigenvalue weighted by atomic mass is 79.9. The Kier molecular flexibility index (Phi) is 4.80. The van der Waals surface area contributed by atoms with Gasteiger partial charge in [-0.15, -0.1) is 0 Å². The number of ether oxygens (including phenoxy) is 1. The average molecular weight is 359 g/mol. The van der Waals surface area contributed by atoms with Gasteiger partial charge in [-0.3, -0.25) is 0 Å². The number of halogens is 1. The first-order valence-electron chi connectivity index (χ1n) is 7.35. The molecular formula is C18H19BrN2O. The van der Waals surface area contributed by atoms with Crippen LogP contribution in [0.2, 0.25) is 0 Å². The van der Waals surface area contributed by atoms with Crippen molar-refractivity contribution < 1.29 is 4.74 Å². The van der Waals surface area contributed by atoms with Gasteiger partial charge >= 0.3 is 0 Å². The summed E-state index contributed by atoms with van der Waals surface area (Å²) in [6.45, 7) is 1.83. The Bertz CT molecular complexity index is 749. The molecule has 4 heteroatoms. The molecule has 0 unspecified atom stereocenters. The van der Waals surface area contributed by atoms with Crippen molar-refractivity contribution in [3.8, 4) is 5.75 Å². The summed E-state index contributed by atoms with van der Waals surface area (Å²) < 4.78 is 6.42. The third kappa shape index (κ3) is 3.51. The number of fused-ring (bicyclic) bond motifs is 1. The van der Waals surface area contributed by atoms with E-state index in [4.69, 9.17) is 4.74 Å². The lowest BCUT2D eigenvalue weighted by atomic mass is 10.1. The molecule has 3 aromatic rings. The van der Waals surface area contributed by atoms with Crippen LogP contribution in [0.15, 0.2) is 53.1 Å². The van der Waals surface area contributed by atoms with Crippen LogP contribution in [0.25, 0.3) is 10.9 Å². The minimum Gasteiger partial charge on any atom is -0.497 e. The standard InChI is InChI=1S/C18H19BrN2O/c1-22-16-6-7-18-17(10-16)14(12-21-18)8-9-20-11-13-2-4-15(19)5-3-13/h2-7,10,12,20-21H,8-9,11H2,1H3. The molecule has 114 valence electrons. The van der Waals surface area contributed by atoms with E-state index in [2.05, 4.69) is 68.8 Å². The highest BCUT2D eigenvalue weighted by Gasteiger charge is 2.05. The van der Waals surface area contributed by atoms with E-state index < -0.39 is 0 Å². The van der Waals surface area contributed by atoms with Crippen LogP contribution in [0.3, 0.4) is 0 Å². The van der Waals surface area contributed by atoms with Crippen molar-refractivity contribution in [2.45, 2.75) is 13.0 Å². The SMILES string of the molecule is COc1ccc2[nH]cc(CCNCc3ccc(Br)cc3)c2c1. The third-order valence-electron chi connectivity index (χ3n) is 3.79. The number of aromatic nitrogens is 1. The van der Waals surface area contributed by atoms with Crippen molar-refractivity contribution in [2.75, 3.05) is 13.7 Å². The van der Waals surface area contributed by atoms with Crippen LogP contribution in [-0.2, 0) is 13.0 Å². The molecule has 0 amide bonds. The van der Waals surface area contributed by atoms with Crippen LogP contribution < -0.4 is 10.1 Å². The van der Waals surface area contributed by atoms with Crippen LogP contribution in [0.5, 0.6) is 5.75 Å². The third-order valence-corrected chi connectivity index (χ3v) is 4.32. The maximum atomic E-state index is 5.31. The first kappa shape index (κ1) is 15.1. The lowest BCUT2D eigenvalue weighted by Gasteiger charge is -2.05. The first-order chi connectivity index (χ1) is 10.8. The smallest absolute Gasteiger partial charge is 0.119 e. The number of benzene rings is 2. The molecule has 0 aliphatic rings. The molecule has 3 rings (SSSR count). The van der Waals surface area contributed by atoms with Crippen LogP contribution in [-0.4, -0.2) is 18.6 Å². The van der Waals surface area contributed by atoms with Crippen molar-refractivity contribution in [3.05, 3.63) is 64.3 Å². The van der Waals surface area contributed by atoms with Crippen molar-refractivity contribution in [2.24, 2.45) is 0 Å². The lowest BCUT2D eigenvalue weighted by Crippen LogP contribution is -2.16. The number of aromatic amines is 1. The Balaban J connectivity index is 1.58. The van der Waals surface area contributed by atoms with E-state index in [1.165, 1.54) is 16.5 Å². The molecule has 3 nitrogen and oxygen atoms in total. The Morgan fingerprint density at radius 1 is 1.14 bits per heavy atom. The molecule has 1 heterocycles. The molecule has 0 bridgehead atoms. The fourth-order valence-electron chi connectivity index (χ4n) is 2.55. The summed E-state index contributed by atoms with van der Waals surface area (Å²) in [4.78, 5) is 3.32. The molecule has 22 heavy (non-hydrogen) atoms. The second kappa shape index (κ2) is 6.99. The molecule has 2 aromatic carbocycles. The fraction of sp³-hybridized carbons (Fsp3) is 0.222. The van der Waals surface area contributed by atoms with Crippen molar-refractivity contribution in [3.63, 3.8) is 0 Å². The van der Waals surface area contributed by atoms with Gasteiger partial charge in [0.2, 0.25) is 0 Å². The zero-order valence-electron chi connectivity index (χ0n) is 12.5. The monoisotopic (exact) mass is 358 g/mol. The van der Waals surface area contributed by atoms with Crippen LogP contribution in [0.1, 0.15) is 11.1 Å². The van der Waals surface area contributed by atoms with Crippen molar-refractivity contribution in [1.82, 2.24) is 10.3 Å². The predicted molar refractivity (Wildman–Crippen MR) is 94.4 cm³/mol. The summed E-state index contributed by atoms with van der Waals surface area (Å²) in [6.07, 6.45) is 3.08. The van der Waals surface area contributed by atoms with E-state index in [0.29, 0.717) is 0 Å². The van der Waals surface area contributed by atoms with Gasteiger partial charge in [0, 0.05) is 28.1 Å². The number of H-pyrrole nitrogens is 1. The number of hydrogen-bond donors (Lipinski definition) is 2. The van der Waals surface area contributed by atoms with Crippen LogP contribution in [0, 0.1) is 0 Å². The summed E-state index contributed by atoms with van der Waals surface area (Å²) in [6, 6.07) is 14.5.